The third-order valence-electron chi connectivity index (χ3n) is 6.20. The molecule has 3 heterocycles. The van der Waals surface area contributed by atoms with E-state index in [1.54, 1.807) is 0 Å². The molecule has 3 aromatic rings. The first-order valence-electron chi connectivity index (χ1n) is 9.46. The lowest BCUT2D eigenvalue weighted by Crippen LogP contribution is -2.93. The van der Waals surface area contributed by atoms with Crippen LogP contribution in [0.1, 0.15) is 43.9 Å². The first kappa shape index (κ1) is 15.0. The van der Waals surface area contributed by atoms with E-state index in [1.165, 1.54) is 36.9 Å². The van der Waals surface area contributed by atoms with Crippen molar-refractivity contribution in [3.8, 4) is 17.2 Å². The SMILES string of the molecule is CC1CCC2(CC1)[NH2+]Cc1cc(-c3ccccc3)oc1-n1cccc12. The minimum absolute atomic E-state index is 0.213. The number of fused-ring (bicyclic) bond motifs is 4. The molecule has 1 aliphatic heterocycles. The van der Waals surface area contributed by atoms with Gasteiger partial charge in [-0.1, -0.05) is 37.3 Å². The molecule has 1 spiro atoms. The fraction of sp³-hybridized carbons (Fsp3) is 0.364. The number of nitrogens with zero attached hydrogens (tertiary/aromatic N) is 1. The fourth-order valence-electron chi connectivity index (χ4n) is 4.63. The lowest BCUT2D eigenvalue weighted by atomic mass is 9.75. The molecule has 128 valence electrons. The first-order valence-corrected chi connectivity index (χ1v) is 9.46. The average Bonchev–Trinajstić information content (AvgIpc) is 3.27. The molecule has 0 amide bonds. The number of aromatic nitrogens is 1. The molecule has 1 saturated carbocycles. The van der Waals surface area contributed by atoms with Crippen molar-refractivity contribution in [2.45, 2.75) is 44.7 Å². The molecule has 0 radical (unpaired) electrons. The van der Waals surface area contributed by atoms with E-state index in [4.69, 9.17) is 4.42 Å². The van der Waals surface area contributed by atoms with E-state index in [0.29, 0.717) is 0 Å². The zero-order valence-electron chi connectivity index (χ0n) is 14.7. The van der Waals surface area contributed by atoms with Crippen LogP contribution in [-0.2, 0) is 12.1 Å². The van der Waals surface area contributed by atoms with Crippen LogP contribution < -0.4 is 5.32 Å². The van der Waals surface area contributed by atoms with E-state index in [1.807, 2.05) is 6.07 Å². The maximum Gasteiger partial charge on any atom is 0.213 e. The highest BCUT2D eigenvalue weighted by Gasteiger charge is 2.43. The second kappa shape index (κ2) is 5.63. The number of hydrogen-bond donors (Lipinski definition) is 1. The minimum atomic E-state index is 0.213. The maximum absolute atomic E-state index is 6.36. The standard InChI is InChI=1S/C22H24N2O/c1-16-9-11-22(12-10-16)20-8-5-13-24(20)21-18(15-23-22)14-19(25-21)17-6-3-2-4-7-17/h2-8,13-14,16,23H,9-12,15H2,1H3/p+1. The molecule has 3 heteroatoms. The predicted octanol–water partition coefficient (Wildman–Crippen LogP) is 4.22. The summed E-state index contributed by atoms with van der Waals surface area (Å²) < 4.78 is 8.66. The van der Waals surface area contributed by atoms with Crippen LogP contribution in [0.5, 0.6) is 0 Å². The Bertz CT molecular complexity index is 882. The van der Waals surface area contributed by atoms with Crippen molar-refractivity contribution in [3.05, 3.63) is 66.0 Å². The van der Waals surface area contributed by atoms with Gasteiger partial charge in [0.1, 0.15) is 17.8 Å². The molecule has 2 N–H and O–H groups in total. The van der Waals surface area contributed by atoms with E-state index in [-0.39, 0.29) is 5.54 Å². The lowest BCUT2D eigenvalue weighted by molar-refractivity contribution is -0.754. The van der Waals surface area contributed by atoms with Gasteiger partial charge in [0.25, 0.3) is 0 Å². The zero-order chi connectivity index (χ0) is 16.9. The second-order valence-corrected chi connectivity index (χ2v) is 7.82. The van der Waals surface area contributed by atoms with Crippen LogP contribution >= 0.6 is 0 Å². The molecule has 5 rings (SSSR count). The normalized spacial score (nSPS) is 25.4. The fourth-order valence-corrected chi connectivity index (χ4v) is 4.63. The van der Waals surface area contributed by atoms with Gasteiger partial charge >= 0.3 is 0 Å². The second-order valence-electron chi connectivity index (χ2n) is 7.82. The van der Waals surface area contributed by atoms with Crippen molar-refractivity contribution >= 4 is 0 Å². The van der Waals surface area contributed by atoms with Gasteiger partial charge in [0.05, 0.1) is 11.3 Å². The minimum Gasteiger partial charge on any atom is -0.439 e. The van der Waals surface area contributed by atoms with Crippen LogP contribution in [-0.4, -0.2) is 4.57 Å². The molecule has 2 aromatic heterocycles. The summed E-state index contributed by atoms with van der Waals surface area (Å²) in [6, 6.07) is 17.1. The van der Waals surface area contributed by atoms with Gasteiger partial charge in [-0.2, -0.15) is 0 Å². The summed E-state index contributed by atoms with van der Waals surface area (Å²) in [4.78, 5) is 0. The van der Waals surface area contributed by atoms with Gasteiger partial charge in [-0.3, -0.25) is 4.57 Å². The predicted molar refractivity (Wildman–Crippen MR) is 98.4 cm³/mol. The number of rotatable bonds is 1. The van der Waals surface area contributed by atoms with Crippen LogP contribution in [0.15, 0.2) is 59.1 Å². The third-order valence-corrected chi connectivity index (χ3v) is 6.20. The largest absolute Gasteiger partial charge is 0.439 e. The Kier molecular flexibility index (Phi) is 3.39. The van der Waals surface area contributed by atoms with E-state index in [0.717, 1.165) is 29.7 Å². The molecule has 3 nitrogen and oxygen atoms in total. The van der Waals surface area contributed by atoms with Crippen LogP contribution in [0, 0.1) is 5.92 Å². The van der Waals surface area contributed by atoms with Crippen molar-refractivity contribution in [2.75, 3.05) is 0 Å². The molecule has 0 unspecified atom stereocenters. The number of furan rings is 1. The molecule has 0 atom stereocenters. The highest BCUT2D eigenvalue weighted by atomic mass is 16.4. The number of nitrogens with two attached hydrogens (primary N) is 1. The Morgan fingerprint density at radius 2 is 1.88 bits per heavy atom. The molecule has 2 aliphatic rings. The topological polar surface area (TPSA) is 34.7 Å². The smallest absolute Gasteiger partial charge is 0.213 e. The molecular formula is C22H25N2O+. The summed E-state index contributed by atoms with van der Waals surface area (Å²) in [6.45, 7) is 3.38. The van der Waals surface area contributed by atoms with Gasteiger partial charge in [-0.25, -0.2) is 0 Å². The Morgan fingerprint density at radius 3 is 2.68 bits per heavy atom. The Balaban J connectivity index is 1.59. The average molecular weight is 333 g/mol. The summed E-state index contributed by atoms with van der Waals surface area (Å²) in [5.41, 5.74) is 4.06. The lowest BCUT2D eigenvalue weighted by Gasteiger charge is -2.36. The Labute approximate surface area is 148 Å². The summed E-state index contributed by atoms with van der Waals surface area (Å²) in [7, 11) is 0. The van der Waals surface area contributed by atoms with Crippen molar-refractivity contribution in [3.63, 3.8) is 0 Å². The molecule has 1 fully saturated rings. The number of hydrogen-bond acceptors (Lipinski definition) is 1. The van der Waals surface area contributed by atoms with Gasteiger partial charge in [0, 0.05) is 24.6 Å². The first-order chi connectivity index (χ1) is 12.3. The van der Waals surface area contributed by atoms with Crippen molar-refractivity contribution in [1.82, 2.24) is 4.57 Å². The third kappa shape index (κ3) is 2.37. The zero-order valence-corrected chi connectivity index (χ0v) is 14.7. The van der Waals surface area contributed by atoms with Gasteiger partial charge in [-0.15, -0.1) is 0 Å². The van der Waals surface area contributed by atoms with Crippen LogP contribution in [0.25, 0.3) is 17.2 Å². The van der Waals surface area contributed by atoms with E-state index >= 15 is 0 Å². The van der Waals surface area contributed by atoms with Crippen LogP contribution in [0.4, 0.5) is 0 Å². The van der Waals surface area contributed by atoms with Gasteiger partial charge < -0.3 is 9.73 Å². The highest BCUT2D eigenvalue weighted by molar-refractivity contribution is 5.60. The van der Waals surface area contributed by atoms with Gasteiger partial charge in [0.2, 0.25) is 5.88 Å². The quantitative estimate of drug-likeness (QED) is 0.711. The van der Waals surface area contributed by atoms with E-state index < -0.39 is 0 Å². The van der Waals surface area contributed by atoms with Crippen molar-refractivity contribution in [2.24, 2.45) is 5.92 Å². The Morgan fingerprint density at radius 1 is 1.08 bits per heavy atom. The molecule has 0 saturated heterocycles. The molecule has 0 bridgehead atoms. The van der Waals surface area contributed by atoms with Crippen molar-refractivity contribution < 1.29 is 9.73 Å². The summed E-state index contributed by atoms with van der Waals surface area (Å²) in [5.74, 6) is 2.82. The molecule has 1 aliphatic carbocycles. The maximum atomic E-state index is 6.36. The number of quaternary nitrogens is 1. The highest BCUT2D eigenvalue weighted by Crippen LogP contribution is 2.40. The van der Waals surface area contributed by atoms with Crippen molar-refractivity contribution in [1.29, 1.82) is 0 Å². The number of benzene rings is 1. The molecule has 25 heavy (non-hydrogen) atoms. The van der Waals surface area contributed by atoms with Crippen LogP contribution in [0.3, 0.4) is 0 Å². The molecular weight excluding hydrogens is 308 g/mol. The summed E-state index contributed by atoms with van der Waals surface area (Å²) in [5, 5.41) is 2.57. The van der Waals surface area contributed by atoms with E-state index in [2.05, 4.69) is 65.5 Å². The Hall–Kier alpha value is -2.26. The molecule has 1 aromatic carbocycles. The summed E-state index contributed by atoms with van der Waals surface area (Å²) in [6.07, 6.45) is 7.32. The van der Waals surface area contributed by atoms with E-state index in [9.17, 15) is 0 Å². The monoisotopic (exact) mass is 333 g/mol. The van der Waals surface area contributed by atoms with Gasteiger partial charge in [0.15, 0.2) is 0 Å². The van der Waals surface area contributed by atoms with Crippen LogP contribution in [0.2, 0.25) is 0 Å². The van der Waals surface area contributed by atoms with Gasteiger partial charge in [-0.05, 0) is 37.0 Å². The summed E-state index contributed by atoms with van der Waals surface area (Å²) >= 11 is 0.